The molecule has 0 fully saturated rings. The van der Waals surface area contributed by atoms with Gasteiger partial charge in [-0.25, -0.2) is 9.67 Å². The zero-order valence-corrected chi connectivity index (χ0v) is 14.7. The Balaban J connectivity index is 1.72. The molecule has 1 amide bonds. The Labute approximate surface area is 161 Å². The summed E-state index contributed by atoms with van der Waals surface area (Å²) in [4.78, 5) is 19.5. The van der Waals surface area contributed by atoms with Crippen molar-refractivity contribution in [3.8, 4) is 5.69 Å². The molecule has 0 aliphatic rings. The number of aromatic nitrogens is 4. The number of para-hydroxylation sites is 2. The highest BCUT2D eigenvalue weighted by Crippen LogP contribution is 2.34. The zero-order chi connectivity index (χ0) is 19.9. The zero-order valence-electron chi connectivity index (χ0n) is 14.0. The van der Waals surface area contributed by atoms with Crippen LogP contribution in [-0.2, 0) is 6.18 Å². The summed E-state index contributed by atoms with van der Waals surface area (Å²) >= 11 is 5.78. The molecule has 28 heavy (non-hydrogen) atoms. The van der Waals surface area contributed by atoms with Gasteiger partial charge in [0.25, 0.3) is 5.91 Å². The number of anilines is 1. The van der Waals surface area contributed by atoms with E-state index in [9.17, 15) is 18.0 Å². The summed E-state index contributed by atoms with van der Waals surface area (Å²) in [6.07, 6.45) is -3.94. The van der Waals surface area contributed by atoms with Gasteiger partial charge >= 0.3 is 6.18 Å². The third-order valence-corrected chi connectivity index (χ3v) is 4.23. The molecule has 0 unspecified atom stereocenters. The number of carbonyl (C=O) groups excluding carboxylic acids is 1. The molecule has 10 heteroatoms. The molecule has 6 nitrogen and oxygen atoms in total. The Kier molecular flexibility index (Phi) is 4.31. The maximum Gasteiger partial charge on any atom is 0.434 e. The summed E-state index contributed by atoms with van der Waals surface area (Å²) in [6, 6.07) is 12.6. The van der Waals surface area contributed by atoms with Crippen LogP contribution in [0, 0.1) is 0 Å². The topological polar surface area (TPSA) is 75.6 Å². The Bertz CT molecular complexity index is 1130. The third-order valence-electron chi connectivity index (χ3n) is 3.97. The average molecular weight is 406 g/mol. The summed E-state index contributed by atoms with van der Waals surface area (Å²) in [5.74, 6) is -0.940. The van der Waals surface area contributed by atoms with Crippen LogP contribution in [0.1, 0.15) is 16.1 Å². The van der Waals surface area contributed by atoms with Crippen molar-refractivity contribution in [2.45, 2.75) is 6.18 Å². The molecule has 4 aromatic rings. The van der Waals surface area contributed by atoms with Crippen LogP contribution >= 0.6 is 11.6 Å². The molecule has 0 aliphatic heterocycles. The first-order valence-electron chi connectivity index (χ1n) is 8.00. The molecule has 0 radical (unpaired) electrons. The Morgan fingerprint density at radius 2 is 1.82 bits per heavy atom. The normalized spacial score (nSPS) is 11.7. The average Bonchev–Trinajstić information content (AvgIpc) is 3.25. The number of nitrogens with zero attached hydrogens (tertiary/aromatic N) is 3. The molecule has 0 saturated heterocycles. The fraction of sp³-hybridized carbons (Fsp3) is 0.0556. The SMILES string of the molecule is O=C(Nc1nc2ccccc2[nH]1)c1cnn(-c2ccc(Cl)cc2)c1C(F)(F)F. The highest BCUT2D eigenvalue weighted by molar-refractivity contribution is 6.30. The molecular weight excluding hydrogens is 395 g/mol. The maximum atomic E-state index is 13.7. The number of rotatable bonds is 3. The van der Waals surface area contributed by atoms with Crippen molar-refractivity contribution in [2.24, 2.45) is 0 Å². The second-order valence-electron chi connectivity index (χ2n) is 5.85. The summed E-state index contributed by atoms with van der Waals surface area (Å²) in [5.41, 5.74) is -0.470. The van der Waals surface area contributed by atoms with E-state index in [1.165, 1.54) is 24.3 Å². The summed E-state index contributed by atoms with van der Waals surface area (Å²) in [5, 5.41) is 6.47. The number of benzene rings is 2. The summed E-state index contributed by atoms with van der Waals surface area (Å²) < 4.78 is 41.7. The van der Waals surface area contributed by atoms with E-state index >= 15 is 0 Å². The van der Waals surface area contributed by atoms with Gasteiger partial charge in [-0.3, -0.25) is 10.1 Å². The molecule has 0 atom stereocenters. The number of fused-ring (bicyclic) bond motifs is 1. The second kappa shape index (κ2) is 6.68. The Morgan fingerprint density at radius 3 is 2.50 bits per heavy atom. The second-order valence-corrected chi connectivity index (χ2v) is 6.29. The predicted molar refractivity (Wildman–Crippen MR) is 97.6 cm³/mol. The molecular formula is C18H11ClF3N5O. The first-order valence-corrected chi connectivity index (χ1v) is 8.38. The Morgan fingerprint density at radius 1 is 1.11 bits per heavy atom. The van der Waals surface area contributed by atoms with Gasteiger partial charge in [-0.1, -0.05) is 23.7 Å². The van der Waals surface area contributed by atoms with Gasteiger partial charge in [0.15, 0.2) is 5.69 Å². The number of hydrogen-bond acceptors (Lipinski definition) is 3. The number of H-pyrrole nitrogens is 1. The van der Waals surface area contributed by atoms with E-state index in [4.69, 9.17) is 11.6 Å². The molecule has 0 bridgehead atoms. The molecule has 0 aliphatic carbocycles. The molecule has 0 spiro atoms. The first-order chi connectivity index (χ1) is 13.3. The number of nitrogens with one attached hydrogen (secondary N) is 2. The van der Waals surface area contributed by atoms with Crippen LogP contribution in [0.25, 0.3) is 16.7 Å². The van der Waals surface area contributed by atoms with E-state index in [0.29, 0.717) is 20.7 Å². The van der Waals surface area contributed by atoms with Gasteiger partial charge in [-0.15, -0.1) is 0 Å². The molecule has 142 valence electrons. The van der Waals surface area contributed by atoms with E-state index in [-0.39, 0.29) is 11.6 Å². The number of alkyl halides is 3. The first kappa shape index (κ1) is 18.1. The highest BCUT2D eigenvalue weighted by Gasteiger charge is 2.40. The Hall–Kier alpha value is -3.33. The predicted octanol–water partition coefficient (Wildman–Crippen LogP) is 4.67. The van der Waals surface area contributed by atoms with Crippen molar-refractivity contribution in [1.82, 2.24) is 19.7 Å². The van der Waals surface area contributed by atoms with E-state index in [1.54, 1.807) is 24.3 Å². The number of amides is 1. The lowest BCUT2D eigenvalue weighted by atomic mass is 10.2. The van der Waals surface area contributed by atoms with E-state index in [1.807, 2.05) is 0 Å². The van der Waals surface area contributed by atoms with Crippen molar-refractivity contribution in [1.29, 1.82) is 0 Å². The van der Waals surface area contributed by atoms with Gasteiger partial charge in [0.2, 0.25) is 5.95 Å². The van der Waals surface area contributed by atoms with Gasteiger partial charge in [0, 0.05) is 5.02 Å². The van der Waals surface area contributed by atoms with Gasteiger partial charge in [-0.2, -0.15) is 18.3 Å². The minimum absolute atomic E-state index is 0.0403. The summed E-state index contributed by atoms with van der Waals surface area (Å²) in [7, 11) is 0. The third kappa shape index (κ3) is 3.31. The van der Waals surface area contributed by atoms with Crippen molar-refractivity contribution >= 4 is 34.5 Å². The van der Waals surface area contributed by atoms with Gasteiger partial charge in [0.1, 0.15) is 0 Å². The quantitative estimate of drug-likeness (QED) is 0.520. The molecule has 2 N–H and O–H groups in total. The van der Waals surface area contributed by atoms with Crippen LogP contribution in [0.4, 0.5) is 19.1 Å². The molecule has 2 aromatic carbocycles. The maximum absolute atomic E-state index is 13.7. The van der Waals surface area contributed by atoms with Crippen LogP contribution in [0.2, 0.25) is 5.02 Å². The van der Waals surface area contributed by atoms with Gasteiger partial charge in [-0.05, 0) is 36.4 Å². The van der Waals surface area contributed by atoms with Gasteiger partial charge in [0.05, 0.1) is 28.5 Å². The minimum atomic E-state index is -4.81. The van der Waals surface area contributed by atoms with E-state index in [0.717, 1.165) is 6.20 Å². The monoisotopic (exact) mass is 405 g/mol. The minimum Gasteiger partial charge on any atom is -0.324 e. The molecule has 4 rings (SSSR count). The van der Waals surface area contributed by atoms with Crippen molar-refractivity contribution in [2.75, 3.05) is 5.32 Å². The van der Waals surface area contributed by atoms with Crippen LogP contribution < -0.4 is 5.32 Å². The van der Waals surface area contributed by atoms with Crippen LogP contribution in [0.15, 0.2) is 54.7 Å². The lowest BCUT2D eigenvalue weighted by Crippen LogP contribution is -2.21. The van der Waals surface area contributed by atoms with Crippen LogP contribution in [0.3, 0.4) is 0 Å². The molecule has 2 heterocycles. The highest BCUT2D eigenvalue weighted by atomic mass is 35.5. The van der Waals surface area contributed by atoms with E-state index in [2.05, 4.69) is 20.4 Å². The van der Waals surface area contributed by atoms with Crippen molar-refractivity contribution in [3.63, 3.8) is 0 Å². The summed E-state index contributed by atoms with van der Waals surface area (Å²) in [6.45, 7) is 0. The smallest absolute Gasteiger partial charge is 0.324 e. The van der Waals surface area contributed by atoms with Crippen molar-refractivity contribution in [3.05, 3.63) is 71.0 Å². The molecule has 2 aromatic heterocycles. The lowest BCUT2D eigenvalue weighted by molar-refractivity contribution is -0.143. The number of aromatic amines is 1. The van der Waals surface area contributed by atoms with E-state index < -0.39 is 23.3 Å². The number of carbonyl (C=O) groups is 1. The fourth-order valence-corrected chi connectivity index (χ4v) is 2.88. The molecule has 0 saturated carbocycles. The lowest BCUT2D eigenvalue weighted by Gasteiger charge is -2.12. The number of imidazole rings is 1. The standard InChI is InChI=1S/C18H11ClF3N5O/c19-10-5-7-11(8-6-10)27-15(18(20,21)22)12(9-23-27)16(28)26-17-24-13-3-1-2-4-14(13)25-17/h1-9H,(H2,24,25,26,28). The number of hydrogen-bond donors (Lipinski definition) is 2. The fourth-order valence-electron chi connectivity index (χ4n) is 2.75. The van der Waals surface area contributed by atoms with Crippen LogP contribution in [-0.4, -0.2) is 25.7 Å². The van der Waals surface area contributed by atoms with Crippen molar-refractivity contribution < 1.29 is 18.0 Å². The van der Waals surface area contributed by atoms with Crippen LogP contribution in [0.5, 0.6) is 0 Å². The largest absolute Gasteiger partial charge is 0.434 e. The van der Waals surface area contributed by atoms with Gasteiger partial charge < -0.3 is 4.98 Å². The number of halogens is 4.